The molecule has 0 saturated carbocycles. The van der Waals surface area contributed by atoms with E-state index in [9.17, 15) is 4.79 Å². The molecule has 0 fully saturated rings. The van der Waals surface area contributed by atoms with Crippen LogP contribution < -0.4 is 11.3 Å². The number of pyridine rings is 1. The van der Waals surface area contributed by atoms with Gasteiger partial charge in [-0.15, -0.1) is 0 Å². The summed E-state index contributed by atoms with van der Waals surface area (Å²) in [5, 5.41) is 9.01. The molecule has 0 unspecified atom stereocenters. The molecular formula is C12H20N4O3. The fourth-order valence-electron chi connectivity index (χ4n) is 1.69. The quantitative estimate of drug-likeness (QED) is 0.466. The molecule has 0 radical (unpaired) electrons. The number of aryl methyl sites for hydroxylation is 1. The Morgan fingerprint density at radius 1 is 1.53 bits per heavy atom. The van der Waals surface area contributed by atoms with Crippen molar-refractivity contribution in [1.29, 1.82) is 0 Å². The zero-order valence-electron chi connectivity index (χ0n) is 11.2. The molecule has 0 saturated heterocycles. The third kappa shape index (κ3) is 4.47. The Kier molecular flexibility index (Phi) is 6.20. The van der Waals surface area contributed by atoms with Crippen LogP contribution in [-0.4, -0.2) is 54.3 Å². The van der Waals surface area contributed by atoms with Gasteiger partial charge in [-0.2, -0.15) is 0 Å². The second-order valence-electron chi connectivity index (χ2n) is 4.04. The first-order valence-corrected chi connectivity index (χ1v) is 5.96. The van der Waals surface area contributed by atoms with Crippen LogP contribution in [0.1, 0.15) is 16.1 Å². The number of amides is 1. The van der Waals surface area contributed by atoms with Gasteiger partial charge in [-0.05, 0) is 19.1 Å². The number of methoxy groups -OCH3 is 1. The normalized spacial score (nSPS) is 10.3. The van der Waals surface area contributed by atoms with Gasteiger partial charge in [0.05, 0.1) is 13.2 Å². The van der Waals surface area contributed by atoms with Gasteiger partial charge in [0.2, 0.25) is 0 Å². The van der Waals surface area contributed by atoms with Crippen molar-refractivity contribution in [2.24, 2.45) is 5.84 Å². The van der Waals surface area contributed by atoms with Gasteiger partial charge < -0.3 is 20.2 Å². The minimum atomic E-state index is -0.187. The molecule has 1 heterocycles. The van der Waals surface area contributed by atoms with E-state index in [1.807, 2.05) is 0 Å². The summed E-state index contributed by atoms with van der Waals surface area (Å²) in [7, 11) is 1.56. The van der Waals surface area contributed by atoms with Crippen LogP contribution in [0.25, 0.3) is 0 Å². The molecule has 1 aromatic rings. The fourth-order valence-corrected chi connectivity index (χ4v) is 1.69. The Morgan fingerprint density at radius 2 is 2.26 bits per heavy atom. The zero-order valence-corrected chi connectivity index (χ0v) is 11.2. The van der Waals surface area contributed by atoms with Crippen molar-refractivity contribution in [2.45, 2.75) is 6.92 Å². The van der Waals surface area contributed by atoms with Crippen molar-refractivity contribution in [3.05, 3.63) is 23.4 Å². The third-order valence-corrected chi connectivity index (χ3v) is 2.57. The smallest absolute Gasteiger partial charge is 0.254 e. The molecule has 19 heavy (non-hydrogen) atoms. The van der Waals surface area contributed by atoms with Crippen molar-refractivity contribution in [2.75, 3.05) is 38.8 Å². The second-order valence-corrected chi connectivity index (χ2v) is 4.04. The number of hydrogen-bond donors (Lipinski definition) is 3. The molecule has 0 aromatic carbocycles. The maximum atomic E-state index is 12.3. The maximum Gasteiger partial charge on any atom is 0.254 e. The summed E-state index contributed by atoms with van der Waals surface area (Å²) in [6.45, 7) is 2.78. The molecule has 0 aliphatic carbocycles. The molecule has 7 heteroatoms. The van der Waals surface area contributed by atoms with Crippen LogP contribution in [-0.2, 0) is 4.74 Å². The minimum absolute atomic E-state index is 0.0957. The summed E-state index contributed by atoms with van der Waals surface area (Å²) >= 11 is 0. The Hall–Kier alpha value is -1.70. The van der Waals surface area contributed by atoms with Crippen LogP contribution in [0.4, 0.5) is 5.82 Å². The number of nitrogens with one attached hydrogen (secondary N) is 1. The lowest BCUT2D eigenvalue weighted by molar-refractivity contribution is 0.0656. The first-order valence-electron chi connectivity index (χ1n) is 5.96. The minimum Gasteiger partial charge on any atom is -0.395 e. The number of nitrogens with two attached hydrogens (primary N) is 1. The lowest BCUT2D eigenvalue weighted by Crippen LogP contribution is -2.36. The molecule has 1 aromatic heterocycles. The molecular weight excluding hydrogens is 248 g/mol. The van der Waals surface area contributed by atoms with E-state index < -0.39 is 0 Å². The van der Waals surface area contributed by atoms with Crippen molar-refractivity contribution in [3.8, 4) is 0 Å². The molecule has 1 amide bonds. The van der Waals surface area contributed by atoms with E-state index in [0.29, 0.717) is 30.2 Å². The number of carbonyl (C=O) groups is 1. The van der Waals surface area contributed by atoms with Gasteiger partial charge in [-0.1, -0.05) is 0 Å². The lowest BCUT2D eigenvalue weighted by Gasteiger charge is -2.21. The van der Waals surface area contributed by atoms with Gasteiger partial charge in [0, 0.05) is 31.5 Å². The largest absolute Gasteiger partial charge is 0.395 e. The number of aliphatic hydroxyl groups is 1. The Balaban J connectivity index is 2.91. The number of aliphatic hydroxyl groups excluding tert-OH is 1. The molecule has 106 valence electrons. The van der Waals surface area contributed by atoms with Crippen LogP contribution in [0.15, 0.2) is 12.1 Å². The number of anilines is 1. The van der Waals surface area contributed by atoms with Gasteiger partial charge in [-0.3, -0.25) is 4.79 Å². The number of hydrogen-bond acceptors (Lipinski definition) is 6. The Bertz CT molecular complexity index is 425. The highest BCUT2D eigenvalue weighted by molar-refractivity contribution is 5.95. The highest BCUT2D eigenvalue weighted by Gasteiger charge is 2.16. The summed E-state index contributed by atoms with van der Waals surface area (Å²) in [4.78, 5) is 18.0. The molecule has 0 bridgehead atoms. The van der Waals surface area contributed by atoms with Gasteiger partial charge in [0.25, 0.3) is 5.91 Å². The molecule has 1 rings (SSSR count). The Morgan fingerprint density at radius 3 is 2.84 bits per heavy atom. The van der Waals surface area contributed by atoms with E-state index in [1.54, 1.807) is 26.2 Å². The highest BCUT2D eigenvalue weighted by Crippen LogP contribution is 2.11. The van der Waals surface area contributed by atoms with E-state index >= 15 is 0 Å². The van der Waals surface area contributed by atoms with Crippen molar-refractivity contribution in [1.82, 2.24) is 9.88 Å². The SMILES string of the molecule is COCCN(CCO)C(=O)c1cc(C)nc(NN)c1. The van der Waals surface area contributed by atoms with Gasteiger partial charge in [0.15, 0.2) is 0 Å². The summed E-state index contributed by atoms with van der Waals surface area (Å²) < 4.78 is 4.95. The van der Waals surface area contributed by atoms with Crippen LogP contribution in [0.2, 0.25) is 0 Å². The monoisotopic (exact) mass is 268 g/mol. The predicted molar refractivity (Wildman–Crippen MR) is 71.6 cm³/mol. The van der Waals surface area contributed by atoms with E-state index in [-0.39, 0.29) is 19.1 Å². The molecule has 0 aliphatic rings. The van der Waals surface area contributed by atoms with E-state index in [0.717, 1.165) is 0 Å². The van der Waals surface area contributed by atoms with Gasteiger partial charge in [-0.25, -0.2) is 10.8 Å². The number of aromatic nitrogens is 1. The number of ether oxygens (including phenoxy) is 1. The molecule has 7 nitrogen and oxygen atoms in total. The zero-order chi connectivity index (χ0) is 14.3. The first kappa shape index (κ1) is 15.4. The van der Waals surface area contributed by atoms with E-state index in [1.165, 1.54) is 4.90 Å². The topological polar surface area (TPSA) is 101 Å². The summed E-state index contributed by atoms with van der Waals surface area (Å²) in [5.41, 5.74) is 3.59. The third-order valence-electron chi connectivity index (χ3n) is 2.57. The Labute approximate surface area is 112 Å². The average molecular weight is 268 g/mol. The second kappa shape index (κ2) is 7.67. The van der Waals surface area contributed by atoms with Crippen LogP contribution in [0, 0.1) is 6.92 Å². The number of hydrazine groups is 1. The van der Waals surface area contributed by atoms with Crippen molar-refractivity contribution >= 4 is 11.7 Å². The van der Waals surface area contributed by atoms with Crippen LogP contribution in [0.3, 0.4) is 0 Å². The number of carbonyl (C=O) groups excluding carboxylic acids is 1. The van der Waals surface area contributed by atoms with Crippen molar-refractivity contribution in [3.63, 3.8) is 0 Å². The first-order chi connectivity index (χ1) is 9.12. The highest BCUT2D eigenvalue weighted by atomic mass is 16.5. The van der Waals surface area contributed by atoms with Crippen molar-refractivity contribution < 1.29 is 14.6 Å². The number of rotatable bonds is 7. The van der Waals surface area contributed by atoms with Gasteiger partial charge in [0.1, 0.15) is 5.82 Å². The summed E-state index contributed by atoms with van der Waals surface area (Å²) in [5.74, 6) is 5.55. The number of nitrogens with zero attached hydrogens (tertiary/aromatic N) is 2. The maximum absolute atomic E-state index is 12.3. The fraction of sp³-hybridized carbons (Fsp3) is 0.500. The standard InChI is InChI=1S/C12H20N4O3/c1-9-7-10(8-11(14-9)15-13)12(18)16(3-5-17)4-6-19-2/h7-8,17H,3-6,13H2,1-2H3,(H,14,15). The predicted octanol–water partition coefficient (Wildman–Crippen LogP) is -0.243. The summed E-state index contributed by atoms with van der Waals surface area (Å²) in [6.07, 6.45) is 0. The average Bonchev–Trinajstić information content (AvgIpc) is 2.41. The van der Waals surface area contributed by atoms with Crippen LogP contribution >= 0.6 is 0 Å². The molecule has 0 atom stereocenters. The number of nitrogen functional groups attached to an aromatic ring is 1. The van der Waals surface area contributed by atoms with Crippen LogP contribution in [0.5, 0.6) is 0 Å². The van der Waals surface area contributed by atoms with E-state index in [4.69, 9.17) is 15.7 Å². The lowest BCUT2D eigenvalue weighted by atomic mass is 10.2. The van der Waals surface area contributed by atoms with Gasteiger partial charge >= 0.3 is 0 Å². The molecule has 0 spiro atoms. The van der Waals surface area contributed by atoms with E-state index in [2.05, 4.69) is 10.4 Å². The molecule has 4 N–H and O–H groups in total. The summed E-state index contributed by atoms with van der Waals surface area (Å²) in [6, 6.07) is 3.26. The molecule has 0 aliphatic heterocycles.